The smallest absolute Gasteiger partial charge is 0.295 e. The van der Waals surface area contributed by atoms with Gasteiger partial charge in [0.15, 0.2) is 0 Å². The van der Waals surface area contributed by atoms with Crippen molar-refractivity contribution in [3.05, 3.63) is 18.2 Å². The maximum atomic E-state index is 10.7. The highest BCUT2D eigenvalue weighted by atomic mass is 32.2. The van der Waals surface area contributed by atoms with Crippen molar-refractivity contribution in [1.82, 2.24) is 0 Å². The largest absolute Gasteiger partial charge is 0.398 e. The van der Waals surface area contributed by atoms with E-state index in [1.165, 1.54) is 0 Å². The summed E-state index contributed by atoms with van der Waals surface area (Å²) in [7, 11) is -9.20. The molecule has 9 heteroatoms. The summed E-state index contributed by atoms with van der Waals surface area (Å²) >= 11 is 0. The Bertz CT molecular complexity index is 538. The second-order valence-corrected chi connectivity index (χ2v) is 5.40. The monoisotopic (exact) mass is 252 g/mol. The van der Waals surface area contributed by atoms with E-state index in [0.717, 1.165) is 6.07 Å². The van der Waals surface area contributed by atoms with Gasteiger partial charge in [0, 0.05) is 11.8 Å². The molecule has 0 saturated heterocycles. The lowest BCUT2D eigenvalue weighted by atomic mass is 10.3. The average molecular weight is 252 g/mol. The van der Waals surface area contributed by atoms with Crippen molar-refractivity contribution in [2.75, 3.05) is 5.73 Å². The SMILES string of the molecule is Nc1[c]c(S(=O)(=O)O)cc(S(=O)(=O)O)c1. The zero-order valence-corrected chi connectivity index (χ0v) is 8.71. The predicted octanol–water partition coefficient (Wildman–Crippen LogP) is -0.438. The van der Waals surface area contributed by atoms with Crippen molar-refractivity contribution >= 4 is 25.9 Å². The minimum absolute atomic E-state index is 0.335. The molecular weight excluding hydrogens is 246 g/mol. The molecule has 15 heavy (non-hydrogen) atoms. The Morgan fingerprint density at radius 1 is 1.07 bits per heavy atom. The van der Waals surface area contributed by atoms with Crippen LogP contribution in [-0.4, -0.2) is 25.9 Å². The molecule has 0 aliphatic heterocycles. The maximum Gasteiger partial charge on any atom is 0.295 e. The molecule has 0 aliphatic carbocycles. The molecular formula is C6H6NO6S2. The predicted molar refractivity (Wildman–Crippen MR) is 49.3 cm³/mol. The summed E-state index contributed by atoms with van der Waals surface area (Å²) in [6, 6.07) is 3.38. The van der Waals surface area contributed by atoms with Gasteiger partial charge in [0.05, 0.1) is 4.90 Å². The van der Waals surface area contributed by atoms with E-state index in [-0.39, 0.29) is 5.69 Å². The second-order valence-electron chi connectivity index (χ2n) is 2.59. The molecule has 0 fully saturated rings. The standard InChI is InChI=1S/C6H6NO6S2/c7-4-1-5(14(8,9)10)3-6(2-4)15(11,12)13/h1,3H,7H2,(H,8,9,10)(H,11,12,13). The lowest BCUT2D eigenvalue weighted by Gasteiger charge is -2.02. The van der Waals surface area contributed by atoms with Crippen LogP contribution in [0.2, 0.25) is 0 Å². The summed E-state index contributed by atoms with van der Waals surface area (Å²) in [5, 5.41) is 0. The Morgan fingerprint density at radius 2 is 1.60 bits per heavy atom. The van der Waals surface area contributed by atoms with Crippen LogP contribution in [0.25, 0.3) is 0 Å². The zero-order chi connectivity index (χ0) is 11.9. The third-order valence-corrected chi connectivity index (χ3v) is 3.02. The fourth-order valence-electron chi connectivity index (χ4n) is 0.826. The number of benzene rings is 1. The first-order chi connectivity index (χ1) is 6.60. The second kappa shape index (κ2) is 3.45. The van der Waals surface area contributed by atoms with Crippen LogP contribution in [0.3, 0.4) is 0 Å². The molecule has 4 N–H and O–H groups in total. The number of rotatable bonds is 2. The van der Waals surface area contributed by atoms with Gasteiger partial charge in [-0.3, -0.25) is 9.11 Å². The summed E-state index contributed by atoms with van der Waals surface area (Å²) in [5.41, 5.74) is 4.81. The quantitative estimate of drug-likeness (QED) is 0.479. The van der Waals surface area contributed by atoms with Crippen molar-refractivity contribution < 1.29 is 25.9 Å². The molecule has 0 aromatic heterocycles. The first kappa shape index (κ1) is 11.9. The van der Waals surface area contributed by atoms with Gasteiger partial charge in [-0.25, -0.2) is 0 Å². The minimum Gasteiger partial charge on any atom is -0.398 e. The van der Waals surface area contributed by atoms with Crippen LogP contribution in [0.4, 0.5) is 5.69 Å². The first-order valence-corrected chi connectivity index (χ1v) is 6.26. The molecule has 1 rings (SSSR count). The van der Waals surface area contributed by atoms with Gasteiger partial charge in [0.2, 0.25) is 0 Å². The van der Waals surface area contributed by atoms with Gasteiger partial charge >= 0.3 is 0 Å². The van der Waals surface area contributed by atoms with E-state index in [0.29, 0.717) is 6.07 Å². The van der Waals surface area contributed by atoms with E-state index < -0.39 is 30.0 Å². The van der Waals surface area contributed by atoms with E-state index in [1.807, 2.05) is 6.07 Å². The van der Waals surface area contributed by atoms with Crippen LogP contribution < -0.4 is 5.73 Å². The van der Waals surface area contributed by atoms with Crippen LogP contribution in [0.15, 0.2) is 21.9 Å². The topological polar surface area (TPSA) is 135 Å². The van der Waals surface area contributed by atoms with Gasteiger partial charge in [-0.05, 0) is 12.1 Å². The Hall–Kier alpha value is -1.16. The molecule has 0 aliphatic rings. The Balaban J connectivity index is 3.57. The molecule has 0 spiro atoms. The summed E-state index contributed by atoms with van der Waals surface area (Å²) in [6.07, 6.45) is 0. The highest BCUT2D eigenvalue weighted by Gasteiger charge is 2.17. The summed E-state index contributed by atoms with van der Waals surface area (Å²) in [5.74, 6) is 0. The third kappa shape index (κ3) is 2.89. The molecule has 0 atom stereocenters. The van der Waals surface area contributed by atoms with E-state index in [9.17, 15) is 16.8 Å². The molecule has 83 valence electrons. The van der Waals surface area contributed by atoms with E-state index in [2.05, 4.69) is 0 Å². The Labute approximate surface area is 86.0 Å². The highest BCUT2D eigenvalue weighted by Crippen LogP contribution is 2.19. The van der Waals surface area contributed by atoms with Gasteiger partial charge in [-0.2, -0.15) is 16.8 Å². The lowest BCUT2D eigenvalue weighted by molar-refractivity contribution is 0.481. The number of hydrogen-bond acceptors (Lipinski definition) is 5. The summed E-state index contributed by atoms with van der Waals surface area (Å²) in [6.45, 7) is 0. The van der Waals surface area contributed by atoms with Crippen molar-refractivity contribution in [1.29, 1.82) is 0 Å². The molecule has 7 nitrogen and oxygen atoms in total. The number of nitrogen functional groups attached to an aromatic ring is 1. The van der Waals surface area contributed by atoms with Crippen LogP contribution in [0.5, 0.6) is 0 Å². The normalized spacial score (nSPS) is 12.7. The number of anilines is 1. The number of hydrogen-bond donors (Lipinski definition) is 3. The van der Waals surface area contributed by atoms with Gasteiger partial charge in [0.25, 0.3) is 20.2 Å². The van der Waals surface area contributed by atoms with Crippen molar-refractivity contribution in [2.45, 2.75) is 9.79 Å². The first-order valence-electron chi connectivity index (χ1n) is 3.38. The zero-order valence-electron chi connectivity index (χ0n) is 7.08. The molecule has 1 radical (unpaired) electrons. The van der Waals surface area contributed by atoms with Crippen molar-refractivity contribution in [3.63, 3.8) is 0 Å². The summed E-state index contributed by atoms with van der Waals surface area (Å²) in [4.78, 5) is -1.55. The Kier molecular flexibility index (Phi) is 2.74. The van der Waals surface area contributed by atoms with Crippen molar-refractivity contribution in [3.8, 4) is 0 Å². The fourth-order valence-corrected chi connectivity index (χ4v) is 1.97. The average Bonchev–Trinajstić information content (AvgIpc) is 1.99. The third-order valence-electron chi connectivity index (χ3n) is 1.41. The van der Waals surface area contributed by atoms with Gasteiger partial charge in [0.1, 0.15) is 4.90 Å². The molecule has 1 aromatic rings. The van der Waals surface area contributed by atoms with Crippen molar-refractivity contribution in [2.24, 2.45) is 0 Å². The molecule has 1 aromatic carbocycles. The molecule has 0 bridgehead atoms. The minimum atomic E-state index is -4.62. The number of nitrogens with two attached hydrogens (primary N) is 1. The van der Waals surface area contributed by atoms with Gasteiger partial charge in [-0.15, -0.1) is 0 Å². The van der Waals surface area contributed by atoms with E-state index >= 15 is 0 Å². The summed E-state index contributed by atoms with van der Waals surface area (Å²) < 4.78 is 59.9. The molecule has 0 amide bonds. The van der Waals surface area contributed by atoms with E-state index in [1.54, 1.807) is 0 Å². The molecule has 0 heterocycles. The van der Waals surface area contributed by atoms with Crippen LogP contribution in [-0.2, 0) is 20.2 Å². The van der Waals surface area contributed by atoms with E-state index in [4.69, 9.17) is 14.8 Å². The van der Waals surface area contributed by atoms with Gasteiger partial charge in [-0.1, -0.05) is 0 Å². The Morgan fingerprint density at radius 3 is 2.00 bits per heavy atom. The van der Waals surface area contributed by atoms with Gasteiger partial charge < -0.3 is 5.73 Å². The lowest BCUT2D eigenvalue weighted by Crippen LogP contribution is -2.05. The molecule has 0 saturated carbocycles. The van der Waals surface area contributed by atoms with Crippen LogP contribution in [0, 0.1) is 6.07 Å². The molecule has 0 unspecified atom stereocenters. The maximum absolute atomic E-state index is 10.7. The van der Waals surface area contributed by atoms with Crippen LogP contribution >= 0.6 is 0 Å². The fraction of sp³-hybridized carbons (Fsp3) is 0. The van der Waals surface area contributed by atoms with Crippen LogP contribution in [0.1, 0.15) is 0 Å². The highest BCUT2D eigenvalue weighted by molar-refractivity contribution is 7.86.